The molecule has 4 aliphatic rings. The van der Waals surface area contributed by atoms with Crippen molar-refractivity contribution in [1.29, 1.82) is 0 Å². The molecule has 0 spiro atoms. The second kappa shape index (κ2) is 12.5. The molecule has 2 saturated carbocycles. The van der Waals surface area contributed by atoms with Crippen LogP contribution in [0.4, 0.5) is 0 Å². The molecular formula is C36H49ClO4. The van der Waals surface area contributed by atoms with Gasteiger partial charge in [0.2, 0.25) is 0 Å². The Bertz CT molecular complexity index is 1160. The van der Waals surface area contributed by atoms with E-state index in [-0.39, 0.29) is 23.2 Å². The van der Waals surface area contributed by atoms with Crippen molar-refractivity contribution >= 4 is 11.6 Å². The van der Waals surface area contributed by atoms with E-state index in [4.69, 9.17) is 30.5 Å². The molecule has 6 rings (SSSR count). The number of aryl methyl sites for hydroxylation is 1. The van der Waals surface area contributed by atoms with Gasteiger partial charge in [-0.1, -0.05) is 32.0 Å². The minimum Gasteiger partial charge on any atom is -0.497 e. The van der Waals surface area contributed by atoms with Crippen molar-refractivity contribution in [2.45, 2.75) is 109 Å². The van der Waals surface area contributed by atoms with E-state index in [1.165, 1.54) is 36.0 Å². The second-order valence-corrected chi connectivity index (χ2v) is 14.0. The zero-order chi connectivity index (χ0) is 28.5. The van der Waals surface area contributed by atoms with Gasteiger partial charge in [-0.25, -0.2) is 0 Å². The van der Waals surface area contributed by atoms with Crippen LogP contribution < -0.4 is 9.47 Å². The molecule has 1 saturated heterocycles. The summed E-state index contributed by atoms with van der Waals surface area (Å²) in [5, 5.41) is 0. The number of rotatable bonds is 10. The van der Waals surface area contributed by atoms with Crippen molar-refractivity contribution in [2.75, 3.05) is 26.2 Å². The lowest BCUT2D eigenvalue weighted by molar-refractivity contribution is -0.217. The molecule has 0 N–H and O–H groups in total. The third-order valence-electron chi connectivity index (χ3n) is 11.2. The van der Waals surface area contributed by atoms with Crippen LogP contribution in [0.5, 0.6) is 11.5 Å². The van der Waals surface area contributed by atoms with E-state index >= 15 is 0 Å². The van der Waals surface area contributed by atoms with Gasteiger partial charge in [0.05, 0.1) is 19.8 Å². The van der Waals surface area contributed by atoms with Crippen LogP contribution in [-0.4, -0.2) is 38.6 Å². The van der Waals surface area contributed by atoms with Gasteiger partial charge >= 0.3 is 0 Å². The summed E-state index contributed by atoms with van der Waals surface area (Å²) in [5.41, 5.74) is 4.77. The Morgan fingerprint density at radius 2 is 1.76 bits per heavy atom. The van der Waals surface area contributed by atoms with Crippen LogP contribution in [0, 0.1) is 16.7 Å². The zero-order valence-corrected chi connectivity index (χ0v) is 26.1. The van der Waals surface area contributed by atoms with E-state index in [2.05, 4.69) is 56.3 Å². The Kier molecular flexibility index (Phi) is 8.92. The molecule has 41 heavy (non-hydrogen) atoms. The summed E-state index contributed by atoms with van der Waals surface area (Å²) in [6.07, 6.45) is 12.7. The van der Waals surface area contributed by atoms with Crippen LogP contribution in [0.1, 0.15) is 107 Å². The summed E-state index contributed by atoms with van der Waals surface area (Å²) >= 11 is 5.83. The van der Waals surface area contributed by atoms with Gasteiger partial charge in [0, 0.05) is 12.5 Å². The molecule has 0 bridgehead atoms. The number of hydrogen-bond donors (Lipinski definition) is 0. The van der Waals surface area contributed by atoms with Gasteiger partial charge in [-0.3, -0.25) is 0 Å². The molecule has 2 aromatic rings. The standard InChI is InChI=1S/C36H49ClO4/c1-35-19-18-26-23-28(38-3)14-15-29(26)34(35)30(25-10-12-27(13-11-25)39-21-7-4-6-20-37)24-36(2)31(35)16-17-32(36)41-33-9-5-8-22-40-33/h10-15,23,30-34H,4-9,16-22,24H2,1-3H3/t30-,31+,32+,33?,34+,35+,36+/m1/s1. The minimum absolute atomic E-state index is 0.0336. The van der Waals surface area contributed by atoms with Gasteiger partial charge in [-0.15, -0.1) is 11.6 Å². The predicted molar refractivity (Wildman–Crippen MR) is 165 cm³/mol. The minimum atomic E-state index is -0.0336. The number of alkyl halides is 1. The van der Waals surface area contributed by atoms with Crippen molar-refractivity contribution in [3.05, 3.63) is 59.2 Å². The maximum Gasteiger partial charge on any atom is 0.157 e. The zero-order valence-electron chi connectivity index (χ0n) is 25.3. The monoisotopic (exact) mass is 580 g/mol. The van der Waals surface area contributed by atoms with E-state index in [1.54, 1.807) is 7.11 Å². The average Bonchev–Trinajstić information content (AvgIpc) is 3.33. The van der Waals surface area contributed by atoms with Crippen LogP contribution in [0.15, 0.2) is 42.5 Å². The van der Waals surface area contributed by atoms with Crippen molar-refractivity contribution in [3.63, 3.8) is 0 Å². The van der Waals surface area contributed by atoms with Gasteiger partial charge in [-0.05, 0) is 140 Å². The molecule has 0 aromatic heterocycles. The van der Waals surface area contributed by atoms with Gasteiger partial charge in [-0.2, -0.15) is 0 Å². The number of methoxy groups -OCH3 is 1. The van der Waals surface area contributed by atoms with Gasteiger partial charge in [0.25, 0.3) is 0 Å². The fourth-order valence-corrected chi connectivity index (χ4v) is 9.46. The summed E-state index contributed by atoms with van der Waals surface area (Å²) < 4.78 is 24.7. The molecule has 0 radical (unpaired) electrons. The highest BCUT2D eigenvalue weighted by Crippen LogP contribution is 2.71. The maximum atomic E-state index is 6.86. The number of halogens is 1. The topological polar surface area (TPSA) is 36.9 Å². The quantitative estimate of drug-likeness (QED) is 0.207. The highest BCUT2D eigenvalue weighted by molar-refractivity contribution is 6.17. The molecule has 3 fully saturated rings. The Morgan fingerprint density at radius 3 is 2.51 bits per heavy atom. The molecule has 1 unspecified atom stereocenters. The number of unbranched alkanes of at least 4 members (excludes halogenated alkanes) is 2. The highest BCUT2D eigenvalue weighted by atomic mass is 35.5. The Morgan fingerprint density at radius 1 is 0.927 bits per heavy atom. The summed E-state index contributed by atoms with van der Waals surface area (Å²) in [6, 6.07) is 15.9. The third-order valence-corrected chi connectivity index (χ3v) is 11.5. The molecule has 0 amide bonds. The molecule has 7 atom stereocenters. The number of fused-ring (bicyclic) bond motifs is 5. The highest BCUT2D eigenvalue weighted by Gasteiger charge is 2.63. The summed E-state index contributed by atoms with van der Waals surface area (Å²) in [7, 11) is 1.78. The average molecular weight is 581 g/mol. The summed E-state index contributed by atoms with van der Waals surface area (Å²) in [4.78, 5) is 0. The molecule has 1 heterocycles. The molecule has 3 aliphatic carbocycles. The first-order valence-corrected chi connectivity index (χ1v) is 16.7. The largest absolute Gasteiger partial charge is 0.497 e. The van der Waals surface area contributed by atoms with Gasteiger partial charge in [0.15, 0.2) is 6.29 Å². The molecular weight excluding hydrogens is 532 g/mol. The Balaban J connectivity index is 1.32. The van der Waals surface area contributed by atoms with Gasteiger partial charge in [0.1, 0.15) is 11.5 Å². The second-order valence-electron chi connectivity index (χ2n) is 13.6. The third kappa shape index (κ3) is 5.66. The summed E-state index contributed by atoms with van der Waals surface area (Å²) in [5.74, 6) is 4.19. The van der Waals surface area contributed by atoms with Crippen LogP contribution in [0.2, 0.25) is 0 Å². The van der Waals surface area contributed by atoms with Crippen LogP contribution >= 0.6 is 11.6 Å². The lowest BCUT2D eigenvalue weighted by Crippen LogP contribution is -2.53. The van der Waals surface area contributed by atoms with Crippen LogP contribution in [-0.2, 0) is 15.9 Å². The molecule has 4 nitrogen and oxygen atoms in total. The van der Waals surface area contributed by atoms with Crippen LogP contribution in [0.25, 0.3) is 0 Å². The van der Waals surface area contributed by atoms with Crippen molar-refractivity contribution < 1.29 is 18.9 Å². The number of ether oxygens (including phenoxy) is 4. The predicted octanol–water partition coefficient (Wildman–Crippen LogP) is 9.03. The van der Waals surface area contributed by atoms with Crippen molar-refractivity contribution in [2.24, 2.45) is 16.7 Å². The van der Waals surface area contributed by atoms with E-state index in [9.17, 15) is 0 Å². The first-order valence-electron chi connectivity index (χ1n) is 16.2. The maximum absolute atomic E-state index is 6.86. The smallest absolute Gasteiger partial charge is 0.157 e. The van der Waals surface area contributed by atoms with E-state index in [1.807, 2.05) is 0 Å². The molecule has 5 heteroatoms. The number of benzene rings is 2. The van der Waals surface area contributed by atoms with Gasteiger partial charge < -0.3 is 18.9 Å². The van der Waals surface area contributed by atoms with E-state index < -0.39 is 0 Å². The van der Waals surface area contributed by atoms with Crippen molar-refractivity contribution in [1.82, 2.24) is 0 Å². The normalized spacial score (nSPS) is 34.4. The van der Waals surface area contributed by atoms with Crippen LogP contribution in [0.3, 0.4) is 0 Å². The van der Waals surface area contributed by atoms with Crippen molar-refractivity contribution in [3.8, 4) is 11.5 Å². The first kappa shape index (κ1) is 29.3. The fraction of sp³-hybridized carbons (Fsp3) is 0.667. The first-order chi connectivity index (χ1) is 20.0. The fourth-order valence-electron chi connectivity index (χ4n) is 9.27. The van der Waals surface area contributed by atoms with E-state index in [0.29, 0.717) is 17.8 Å². The Labute approximate surface area is 252 Å². The number of hydrogen-bond acceptors (Lipinski definition) is 4. The summed E-state index contributed by atoms with van der Waals surface area (Å²) in [6.45, 7) is 6.74. The molecule has 224 valence electrons. The lowest BCUT2D eigenvalue weighted by Gasteiger charge is -2.60. The molecule has 2 aromatic carbocycles. The molecule has 1 aliphatic heterocycles. The SMILES string of the molecule is COc1ccc2c(c1)CC[C@@]1(C)[C@@H]3CC[C@H](OC4CCCCO4)[C@@]3(C)C[C@H](c3ccc(OCCCCCCl)cc3)[C@H]21. The van der Waals surface area contributed by atoms with E-state index in [0.717, 1.165) is 82.0 Å². The lowest BCUT2D eigenvalue weighted by atomic mass is 9.44. The Hall–Kier alpha value is -1.75.